The van der Waals surface area contributed by atoms with E-state index in [-0.39, 0.29) is 16.4 Å². The molecule has 0 bridgehead atoms. The van der Waals surface area contributed by atoms with E-state index >= 15 is 0 Å². The van der Waals surface area contributed by atoms with E-state index in [1.54, 1.807) is 6.07 Å². The Morgan fingerprint density at radius 2 is 2.00 bits per heavy atom. The van der Waals surface area contributed by atoms with Gasteiger partial charge in [-0.3, -0.25) is 0 Å². The summed E-state index contributed by atoms with van der Waals surface area (Å²) < 4.78 is 18.6. The Labute approximate surface area is 121 Å². The first kappa shape index (κ1) is 14.1. The van der Waals surface area contributed by atoms with Crippen LogP contribution in [0.5, 0.6) is 5.75 Å². The first-order valence-electron chi connectivity index (χ1n) is 6.13. The molecule has 2 rings (SSSR count). The molecular formula is C16H16BrFO. The highest BCUT2D eigenvalue weighted by atomic mass is 79.9. The molecule has 2 aromatic rings. The number of alkyl halides is 1. The van der Waals surface area contributed by atoms with Crippen molar-refractivity contribution in [2.24, 2.45) is 0 Å². The molecule has 0 aliphatic rings. The van der Waals surface area contributed by atoms with Gasteiger partial charge in [0.05, 0.1) is 7.11 Å². The van der Waals surface area contributed by atoms with Crippen molar-refractivity contribution < 1.29 is 9.13 Å². The summed E-state index contributed by atoms with van der Waals surface area (Å²) in [5, 5.41) is 0. The highest BCUT2D eigenvalue weighted by molar-refractivity contribution is 9.09. The van der Waals surface area contributed by atoms with Crippen LogP contribution in [0.25, 0.3) is 0 Å². The van der Waals surface area contributed by atoms with Gasteiger partial charge in [0.25, 0.3) is 0 Å². The fraction of sp³-hybridized carbons (Fsp3) is 0.250. The third kappa shape index (κ3) is 3.57. The maximum absolute atomic E-state index is 13.7. The van der Waals surface area contributed by atoms with E-state index < -0.39 is 0 Å². The van der Waals surface area contributed by atoms with Crippen LogP contribution in [0.4, 0.5) is 4.39 Å². The van der Waals surface area contributed by atoms with E-state index in [4.69, 9.17) is 4.74 Å². The summed E-state index contributed by atoms with van der Waals surface area (Å²) in [4.78, 5) is 0.0923. The maximum atomic E-state index is 13.7. The molecule has 0 N–H and O–H groups in total. The standard InChI is InChI=1S/C16H16BrFO/c1-11-4-3-5-12(8-11)9-14(17)13-6-7-16(19-2)15(18)10-13/h3-8,10,14H,9H2,1-2H3. The number of hydrogen-bond donors (Lipinski definition) is 0. The zero-order valence-corrected chi connectivity index (χ0v) is 12.6. The second kappa shape index (κ2) is 6.20. The minimum atomic E-state index is -0.325. The second-order valence-corrected chi connectivity index (χ2v) is 5.66. The van der Waals surface area contributed by atoms with Crippen LogP contribution in [0, 0.1) is 12.7 Å². The number of benzene rings is 2. The van der Waals surface area contributed by atoms with E-state index in [9.17, 15) is 4.39 Å². The van der Waals surface area contributed by atoms with Crippen LogP contribution in [0.3, 0.4) is 0 Å². The highest BCUT2D eigenvalue weighted by Crippen LogP contribution is 2.30. The number of ether oxygens (including phenoxy) is 1. The second-order valence-electron chi connectivity index (χ2n) is 4.55. The van der Waals surface area contributed by atoms with Gasteiger partial charge in [0.1, 0.15) is 0 Å². The van der Waals surface area contributed by atoms with E-state index in [0.717, 1.165) is 12.0 Å². The number of rotatable bonds is 4. The molecule has 3 heteroatoms. The van der Waals surface area contributed by atoms with Gasteiger partial charge in [0, 0.05) is 4.83 Å². The van der Waals surface area contributed by atoms with E-state index in [1.807, 2.05) is 12.1 Å². The van der Waals surface area contributed by atoms with Crippen molar-refractivity contribution in [3.8, 4) is 5.75 Å². The Morgan fingerprint density at radius 3 is 2.63 bits per heavy atom. The zero-order chi connectivity index (χ0) is 13.8. The molecule has 1 nitrogen and oxygen atoms in total. The maximum Gasteiger partial charge on any atom is 0.165 e. The van der Waals surface area contributed by atoms with Crippen LogP contribution in [-0.4, -0.2) is 7.11 Å². The Hall–Kier alpha value is -1.35. The van der Waals surface area contributed by atoms with Crippen molar-refractivity contribution >= 4 is 15.9 Å². The van der Waals surface area contributed by atoms with Crippen molar-refractivity contribution in [3.05, 3.63) is 65.0 Å². The van der Waals surface area contributed by atoms with Crippen molar-refractivity contribution in [1.29, 1.82) is 0 Å². The van der Waals surface area contributed by atoms with Crippen LogP contribution in [0.15, 0.2) is 42.5 Å². The molecular weight excluding hydrogens is 307 g/mol. The Balaban J connectivity index is 2.15. The zero-order valence-electron chi connectivity index (χ0n) is 11.0. The minimum absolute atomic E-state index is 0.0923. The molecule has 0 spiro atoms. The lowest BCUT2D eigenvalue weighted by atomic mass is 10.0. The molecule has 0 saturated carbocycles. The molecule has 100 valence electrons. The molecule has 0 aliphatic heterocycles. The number of aryl methyl sites for hydroxylation is 1. The van der Waals surface area contributed by atoms with Crippen LogP contribution in [0.1, 0.15) is 21.5 Å². The van der Waals surface area contributed by atoms with Crippen molar-refractivity contribution in [3.63, 3.8) is 0 Å². The van der Waals surface area contributed by atoms with Crippen molar-refractivity contribution in [2.45, 2.75) is 18.2 Å². The van der Waals surface area contributed by atoms with Gasteiger partial charge in [-0.05, 0) is 36.6 Å². The monoisotopic (exact) mass is 322 g/mol. The average Bonchev–Trinajstić information content (AvgIpc) is 2.38. The number of halogens is 2. The average molecular weight is 323 g/mol. The summed E-state index contributed by atoms with van der Waals surface area (Å²) in [5.74, 6) is -0.0484. The summed E-state index contributed by atoms with van der Waals surface area (Å²) >= 11 is 3.62. The van der Waals surface area contributed by atoms with Crippen molar-refractivity contribution in [1.82, 2.24) is 0 Å². The Morgan fingerprint density at radius 1 is 1.21 bits per heavy atom. The molecule has 1 atom stereocenters. The quantitative estimate of drug-likeness (QED) is 0.733. The van der Waals surface area contributed by atoms with Gasteiger partial charge in [-0.25, -0.2) is 4.39 Å². The fourth-order valence-electron chi connectivity index (χ4n) is 2.04. The summed E-state index contributed by atoms with van der Waals surface area (Å²) in [5.41, 5.74) is 3.39. The lowest BCUT2D eigenvalue weighted by Crippen LogP contribution is -1.97. The molecule has 0 fully saturated rings. The summed E-state index contributed by atoms with van der Waals surface area (Å²) in [7, 11) is 1.47. The van der Waals surface area contributed by atoms with Gasteiger partial charge >= 0.3 is 0 Å². The Kier molecular flexibility index (Phi) is 4.59. The number of methoxy groups -OCH3 is 1. The van der Waals surface area contributed by atoms with Crippen LogP contribution in [-0.2, 0) is 6.42 Å². The summed E-state index contributed by atoms with van der Waals surface area (Å²) in [6, 6.07) is 13.4. The van der Waals surface area contributed by atoms with Crippen molar-refractivity contribution in [2.75, 3.05) is 7.11 Å². The van der Waals surface area contributed by atoms with Gasteiger partial charge < -0.3 is 4.74 Å². The van der Waals surface area contributed by atoms with Crippen LogP contribution >= 0.6 is 15.9 Å². The fourth-order valence-corrected chi connectivity index (χ4v) is 2.70. The van der Waals surface area contributed by atoms with Gasteiger partial charge in [0.2, 0.25) is 0 Å². The van der Waals surface area contributed by atoms with Gasteiger partial charge in [-0.1, -0.05) is 51.8 Å². The largest absolute Gasteiger partial charge is 0.494 e. The highest BCUT2D eigenvalue weighted by Gasteiger charge is 2.11. The normalized spacial score (nSPS) is 12.2. The molecule has 0 amide bonds. The predicted octanol–water partition coefficient (Wildman–Crippen LogP) is 4.82. The summed E-state index contributed by atoms with van der Waals surface area (Å²) in [6.07, 6.45) is 0.827. The van der Waals surface area contributed by atoms with Gasteiger partial charge in [0.15, 0.2) is 11.6 Å². The Bertz CT molecular complexity index is 568. The summed E-state index contributed by atoms with van der Waals surface area (Å²) in [6.45, 7) is 2.07. The molecule has 0 saturated heterocycles. The van der Waals surface area contributed by atoms with E-state index in [0.29, 0.717) is 0 Å². The molecule has 1 unspecified atom stereocenters. The van der Waals surface area contributed by atoms with Crippen LogP contribution < -0.4 is 4.74 Å². The van der Waals surface area contributed by atoms with Crippen LogP contribution in [0.2, 0.25) is 0 Å². The molecule has 0 heterocycles. The minimum Gasteiger partial charge on any atom is -0.494 e. The smallest absolute Gasteiger partial charge is 0.165 e. The first-order chi connectivity index (χ1) is 9.10. The SMILES string of the molecule is COc1ccc(C(Br)Cc2cccc(C)c2)cc1F. The van der Waals surface area contributed by atoms with E-state index in [1.165, 1.54) is 24.3 Å². The van der Waals surface area contributed by atoms with E-state index in [2.05, 4.69) is 41.1 Å². The lowest BCUT2D eigenvalue weighted by molar-refractivity contribution is 0.386. The molecule has 2 aromatic carbocycles. The number of hydrogen-bond acceptors (Lipinski definition) is 1. The molecule has 0 radical (unpaired) electrons. The van der Waals surface area contributed by atoms with Gasteiger partial charge in [-0.2, -0.15) is 0 Å². The van der Waals surface area contributed by atoms with Gasteiger partial charge in [-0.15, -0.1) is 0 Å². The molecule has 19 heavy (non-hydrogen) atoms. The molecule has 0 aromatic heterocycles. The third-order valence-corrected chi connectivity index (χ3v) is 3.89. The lowest BCUT2D eigenvalue weighted by Gasteiger charge is -2.12. The third-order valence-electron chi connectivity index (χ3n) is 3.03. The first-order valence-corrected chi connectivity index (χ1v) is 7.05. The molecule has 0 aliphatic carbocycles. The topological polar surface area (TPSA) is 9.23 Å². The predicted molar refractivity (Wildman–Crippen MR) is 79.5 cm³/mol.